The molecular weight excluding hydrogens is 338 g/mol. The van der Waals surface area contributed by atoms with E-state index >= 15 is 0 Å². The lowest BCUT2D eigenvalue weighted by atomic mass is 10.2. The van der Waals surface area contributed by atoms with Crippen molar-refractivity contribution in [3.05, 3.63) is 72.1 Å². The normalized spacial score (nSPS) is 11.3. The largest absolute Gasteiger partial charge is 0.487 e. The van der Waals surface area contributed by atoms with Gasteiger partial charge in [0.1, 0.15) is 12.4 Å². The molecule has 25 heavy (non-hydrogen) atoms. The third-order valence-corrected chi connectivity index (χ3v) is 5.00. The van der Waals surface area contributed by atoms with Crippen LogP contribution in [-0.4, -0.2) is 18.2 Å². The van der Waals surface area contributed by atoms with E-state index in [1.807, 2.05) is 20.2 Å². The number of ether oxygens (including phenoxy) is 1. The van der Waals surface area contributed by atoms with Gasteiger partial charge in [0.2, 0.25) is 0 Å². The van der Waals surface area contributed by atoms with Gasteiger partial charge < -0.3 is 4.74 Å². The van der Waals surface area contributed by atoms with Crippen LogP contribution in [0.1, 0.15) is 11.1 Å². The minimum absolute atomic E-state index is 0.208. The summed E-state index contributed by atoms with van der Waals surface area (Å²) in [4.78, 5) is 0.208. The molecule has 1 heterocycles. The molecule has 0 aliphatic heterocycles. The summed E-state index contributed by atoms with van der Waals surface area (Å²) in [5, 5.41) is 4.08. The van der Waals surface area contributed by atoms with Crippen molar-refractivity contribution >= 4 is 15.7 Å². The van der Waals surface area contributed by atoms with Gasteiger partial charge in [0.15, 0.2) is 0 Å². The molecule has 0 bridgehead atoms. The fraction of sp³-hybridized carbons (Fsp3) is 0.167. The predicted octanol–water partition coefficient (Wildman–Crippen LogP) is 3.11. The van der Waals surface area contributed by atoms with Gasteiger partial charge in [-0.15, -0.1) is 0 Å². The molecule has 0 aliphatic rings. The predicted molar refractivity (Wildman–Crippen MR) is 96.0 cm³/mol. The van der Waals surface area contributed by atoms with Crippen molar-refractivity contribution in [2.24, 2.45) is 7.05 Å². The van der Waals surface area contributed by atoms with Crippen molar-refractivity contribution in [2.45, 2.75) is 18.4 Å². The van der Waals surface area contributed by atoms with Crippen molar-refractivity contribution in [1.82, 2.24) is 9.78 Å². The Bertz CT molecular complexity index is 963. The molecule has 3 rings (SSSR count). The molecule has 0 saturated heterocycles. The van der Waals surface area contributed by atoms with E-state index in [-0.39, 0.29) is 4.90 Å². The molecule has 0 radical (unpaired) electrons. The standard InChI is InChI=1S/C18H19N3O3S/c1-14-7-9-16(10-8-14)25(22,23)20-17-5-3-4-6-18(17)24-13-15-11-19-21(2)12-15/h3-12,20H,13H2,1-2H3. The Morgan fingerprint density at radius 1 is 1.12 bits per heavy atom. The van der Waals surface area contributed by atoms with Crippen LogP contribution >= 0.6 is 0 Å². The first kappa shape index (κ1) is 17.0. The first-order valence-corrected chi connectivity index (χ1v) is 9.21. The molecule has 0 aliphatic carbocycles. The lowest BCUT2D eigenvalue weighted by Gasteiger charge is -2.13. The van der Waals surface area contributed by atoms with Crippen molar-refractivity contribution in [1.29, 1.82) is 0 Å². The molecule has 0 atom stereocenters. The fourth-order valence-corrected chi connectivity index (χ4v) is 3.38. The Morgan fingerprint density at radius 3 is 2.52 bits per heavy atom. The van der Waals surface area contributed by atoms with Crippen LogP contribution in [-0.2, 0) is 23.7 Å². The van der Waals surface area contributed by atoms with Crippen molar-refractivity contribution in [3.63, 3.8) is 0 Å². The maximum atomic E-state index is 12.6. The highest BCUT2D eigenvalue weighted by Gasteiger charge is 2.16. The molecule has 3 aromatic rings. The lowest BCUT2D eigenvalue weighted by molar-refractivity contribution is 0.308. The number of nitrogens with zero attached hydrogens (tertiary/aromatic N) is 2. The van der Waals surface area contributed by atoms with Crippen LogP contribution in [0.5, 0.6) is 5.75 Å². The molecule has 130 valence electrons. The van der Waals surface area contributed by atoms with E-state index in [0.717, 1.165) is 11.1 Å². The maximum Gasteiger partial charge on any atom is 0.262 e. The number of para-hydroxylation sites is 2. The molecule has 0 spiro atoms. The van der Waals surface area contributed by atoms with Gasteiger partial charge in [-0.05, 0) is 31.2 Å². The Kier molecular flexibility index (Phi) is 4.76. The summed E-state index contributed by atoms with van der Waals surface area (Å²) in [5.41, 5.74) is 2.30. The number of benzene rings is 2. The average Bonchev–Trinajstić information content (AvgIpc) is 2.99. The molecule has 6 nitrogen and oxygen atoms in total. The number of sulfonamides is 1. The smallest absolute Gasteiger partial charge is 0.262 e. The Morgan fingerprint density at radius 2 is 1.84 bits per heavy atom. The molecule has 0 fully saturated rings. The number of nitrogens with one attached hydrogen (secondary N) is 1. The van der Waals surface area contributed by atoms with Gasteiger partial charge >= 0.3 is 0 Å². The van der Waals surface area contributed by atoms with E-state index in [1.165, 1.54) is 0 Å². The monoisotopic (exact) mass is 357 g/mol. The van der Waals surface area contributed by atoms with Crippen LogP contribution < -0.4 is 9.46 Å². The zero-order valence-electron chi connectivity index (χ0n) is 14.0. The van der Waals surface area contributed by atoms with Gasteiger partial charge in [0.25, 0.3) is 10.0 Å². The van der Waals surface area contributed by atoms with Crippen molar-refractivity contribution in [2.75, 3.05) is 4.72 Å². The third-order valence-electron chi connectivity index (χ3n) is 3.62. The summed E-state index contributed by atoms with van der Waals surface area (Å²) < 4.78 is 35.2. The zero-order chi connectivity index (χ0) is 17.9. The summed E-state index contributed by atoms with van der Waals surface area (Å²) in [6, 6.07) is 13.6. The fourth-order valence-electron chi connectivity index (χ4n) is 2.31. The van der Waals surface area contributed by atoms with Crippen LogP contribution in [0.15, 0.2) is 65.8 Å². The van der Waals surface area contributed by atoms with Gasteiger partial charge in [0.05, 0.1) is 16.8 Å². The van der Waals surface area contributed by atoms with Gasteiger partial charge in [-0.1, -0.05) is 29.8 Å². The van der Waals surface area contributed by atoms with Crippen LogP contribution in [0.2, 0.25) is 0 Å². The van der Waals surface area contributed by atoms with E-state index in [1.54, 1.807) is 59.4 Å². The second-order valence-electron chi connectivity index (χ2n) is 5.73. The Hall–Kier alpha value is -2.80. The highest BCUT2D eigenvalue weighted by atomic mass is 32.2. The van der Waals surface area contributed by atoms with Crippen LogP contribution in [0.3, 0.4) is 0 Å². The number of hydrogen-bond acceptors (Lipinski definition) is 4. The van der Waals surface area contributed by atoms with E-state index < -0.39 is 10.0 Å². The van der Waals surface area contributed by atoms with Gasteiger partial charge in [-0.25, -0.2) is 8.42 Å². The van der Waals surface area contributed by atoms with Crippen molar-refractivity contribution < 1.29 is 13.2 Å². The maximum absolute atomic E-state index is 12.6. The molecule has 0 saturated carbocycles. The van der Waals surface area contributed by atoms with E-state index in [0.29, 0.717) is 18.0 Å². The highest BCUT2D eigenvalue weighted by Crippen LogP contribution is 2.27. The molecule has 2 aromatic carbocycles. The number of aryl methyl sites for hydroxylation is 2. The van der Waals surface area contributed by atoms with E-state index in [4.69, 9.17) is 4.74 Å². The first-order valence-electron chi connectivity index (χ1n) is 7.73. The van der Waals surface area contributed by atoms with E-state index in [2.05, 4.69) is 9.82 Å². The van der Waals surface area contributed by atoms with Crippen LogP contribution in [0, 0.1) is 6.92 Å². The number of anilines is 1. The quantitative estimate of drug-likeness (QED) is 0.736. The number of aromatic nitrogens is 2. The molecule has 0 amide bonds. The minimum Gasteiger partial charge on any atom is -0.487 e. The highest BCUT2D eigenvalue weighted by molar-refractivity contribution is 7.92. The summed E-state index contributed by atoms with van der Waals surface area (Å²) in [6.07, 6.45) is 3.55. The molecule has 1 N–H and O–H groups in total. The van der Waals surface area contributed by atoms with Crippen molar-refractivity contribution in [3.8, 4) is 5.75 Å². The lowest BCUT2D eigenvalue weighted by Crippen LogP contribution is -2.13. The second kappa shape index (κ2) is 6.98. The van der Waals surface area contributed by atoms with Gasteiger partial charge in [-0.3, -0.25) is 9.40 Å². The van der Waals surface area contributed by atoms with Gasteiger partial charge in [-0.2, -0.15) is 5.10 Å². The van der Waals surface area contributed by atoms with Crippen LogP contribution in [0.25, 0.3) is 0 Å². The zero-order valence-corrected chi connectivity index (χ0v) is 14.8. The minimum atomic E-state index is -3.68. The molecular formula is C18H19N3O3S. The average molecular weight is 357 g/mol. The first-order chi connectivity index (χ1) is 11.9. The summed E-state index contributed by atoms with van der Waals surface area (Å²) in [5.74, 6) is 0.460. The molecule has 1 aromatic heterocycles. The molecule has 0 unspecified atom stereocenters. The topological polar surface area (TPSA) is 73.2 Å². The summed E-state index contributed by atoms with van der Waals surface area (Å²) in [6.45, 7) is 2.21. The summed E-state index contributed by atoms with van der Waals surface area (Å²) >= 11 is 0. The SMILES string of the molecule is Cc1ccc(S(=O)(=O)Nc2ccccc2OCc2cnn(C)c2)cc1. The second-order valence-corrected chi connectivity index (χ2v) is 7.41. The van der Waals surface area contributed by atoms with E-state index in [9.17, 15) is 8.42 Å². The Balaban J connectivity index is 1.79. The summed E-state index contributed by atoms with van der Waals surface area (Å²) in [7, 11) is -1.85. The number of rotatable bonds is 6. The third kappa shape index (κ3) is 4.19. The van der Waals surface area contributed by atoms with Crippen LogP contribution in [0.4, 0.5) is 5.69 Å². The molecule has 7 heteroatoms. The van der Waals surface area contributed by atoms with Gasteiger partial charge in [0, 0.05) is 18.8 Å². The Labute approximate surface area is 147 Å². The number of hydrogen-bond donors (Lipinski definition) is 1.